The first-order chi connectivity index (χ1) is 4.09. The molecule has 0 unspecified atom stereocenters. The van der Waals surface area contributed by atoms with Gasteiger partial charge in [0, 0.05) is 0 Å². The van der Waals surface area contributed by atoms with Crippen molar-refractivity contribution in [3.05, 3.63) is 0 Å². The van der Waals surface area contributed by atoms with Gasteiger partial charge in [-0.15, -0.1) is 12.4 Å². The highest BCUT2D eigenvalue weighted by Crippen LogP contribution is 1.98. The van der Waals surface area contributed by atoms with Crippen molar-refractivity contribution >= 4 is 24.2 Å². The highest BCUT2D eigenvalue weighted by Gasteiger charge is 2.18. The third-order valence-corrected chi connectivity index (χ3v) is 1.10. The fourth-order valence-electron chi connectivity index (χ4n) is 0.543. The Morgan fingerprint density at radius 1 is 1.30 bits per heavy atom. The summed E-state index contributed by atoms with van der Waals surface area (Å²) in [7, 11) is 0. The van der Waals surface area contributed by atoms with Gasteiger partial charge in [-0.3, -0.25) is 9.59 Å². The zero-order valence-corrected chi connectivity index (χ0v) is 6.48. The second-order valence-electron chi connectivity index (χ2n) is 1.77. The van der Waals surface area contributed by atoms with E-state index in [1.54, 1.807) is 6.92 Å². The molecule has 0 atom stereocenters. The number of nitrogens with two attached hydrogens (primary N) is 2. The molecule has 4 N–H and O–H groups in total. The van der Waals surface area contributed by atoms with Crippen LogP contribution in [0.5, 0.6) is 0 Å². The molecule has 0 radical (unpaired) electrons. The zero-order chi connectivity index (χ0) is 7.44. The average molecular weight is 167 g/mol. The van der Waals surface area contributed by atoms with Crippen LogP contribution in [0.2, 0.25) is 0 Å². The lowest BCUT2D eigenvalue weighted by Crippen LogP contribution is -2.34. The van der Waals surface area contributed by atoms with Gasteiger partial charge in [0.15, 0.2) is 0 Å². The molecule has 60 valence electrons. The van der Waals surface area contributed by atoms with Gasteiger partial charge in [0.2, 0.25) is 11.8 Å². The molecule has 0 heterocycles. The van der Waals surface area contributed by atoms with Gasteiger partial charge in [-0.2, -0.15) is 0 Å². The Balaban J connectivity index is 0. The largest absolute Gasteiger partial charge is 0.369 e. The smallest absolute Gasteiger partial charge is 0.229 e. The lowest BCUT2D eigenvalue weighted by Gasteiger charge is -2.02. The topological polar surface area (TPSA) is 86.2 Å². The molecule has 0 saturated carbocycles. The number of hydrogen-bond donors (Lipinski definition) is 2. The Kier molecular flexibility index (Phi) is 6.04. The number of hydrogen-bond acceptors (Lipinski definition) is 2. The van der Waals surface area contributed by atoms with Crippen LogP contribution in [0.15, 0.2) is 0 Å². The van der Waals surface area contributed by atoms with Crippen molar-refractivity contribution < 1.29 is 9.59 Å². The Labute approximate surface area is 65.4 Å². The van der Waals surface area contributed by atoms with Crippen molar-refractivity contribution in [1.29, 1.82) is 0 Å². The molecule has 0 aliphatic rings. The van der Waals surface area contributed by atoms with Crippen LogP contribution < -0.4 is 11.5 Å². The third-order valence-electron chi connectivity index (χ3n) is 1.10. The minimum Gasteiger partial charge on any atom is -0.369 e. The molecule has 5 heteroatoms. The fourth-order valence-corrected chi connectivity index (χ4v) is 0.543. The summed E-state index contributed by atoms with van der Waals surface area (Å²) >= 11 is 0. The molecule has 0 bridgehead atoms. The first-order valence-corrected chi connectivity index (χ1v) is 2.68. The molecule has 0 aromatic heterocycles. The molecule has 0 aromatic carbocycles. The Bertz CT molecular complexity index is 124. The molecule has 0 aliphatic heterocycles. The quantitative estimate of drug-likeness (QED) is 0.549. The number of carbonyl (C=O) groups is 2. The van der Waals surface area contributed by atoms with Crippen LogP contribution in [-0.4, -0.2) is 11.8 Å². The first kappa shape index (κ1) is 12.0. The SMILES string of the molecule is CCC(C(N)=O)C(N)=O.Cl. The van der Waals surface area contributed by atoms with Gasteiger partial charge < -0.3 is 11.5 Å². The van der Waals surface area contributed by atoms with Crippen molar-refractivity contribution in [2.45, 2.75) is 13.3 Å². The number of halogens is 1. The van der Waals surface area contributed by atoms with Crippen LogP contribution in [0.1, 0.15) is 13.3 Å². The maximum atomic E-state index is 10.3. The molecule has 0 spiro atoms. The molecule has 0 rings (SSSR count). The van der Waals surface area contributed by atoms with E-state index in [9.17, 15) is 9.59 Å². The summed E-state index contributed by atoms with van der Waals surface area (Å²) in [5.41, 5.74) is 9.62. The van der Waals surface area contributed by atoms with Crippen molar-refractivity contribution in [2.24, 2.45) is 17.4 Å². The molecule has 2 amide bonds. The number of rotatable bonds is 3. The van der Waals surface area contributed by atoms with E-state index in [-0.39, 0.29) is 12.4 Å². The first-order valence-electron chi connectivity index (χ1n) is 2.68. The molecule has 10 heavy (non-hydrogen) atoms. The van der Waals surface area contributed by atoms with Crippen LogP contribution in [0.3, 0.4) is 0 Å². The minimum absolute atomic E-state index is 0. The van der Waals surface area contributed by atoms with E-state index in [1.807, 2.05) is 0 Å². The molecule has 0 saturated heterocycles. The van der Waals surface area contributed by atoms with Gasteiger partial charge in [0.05, 0.1) is 0 Å². The molecule has 0 aromatic rings. The second-order valence-corrected chi connectivity index (χ2v) is 1.77. The lowest BCUT2D eigenvalue weighted by molar-refractivity contribution is -0.131. The van der Waals surface area contributed by atoms with E-state index in [0.29, 0.717) is 6.42 Å². The van der Waals surface area contributed by atoms with Crippen molar-refractivity contribution in [3.63, 3.8) is 0 Å². The van der Waals surface area contributed by atoms with Crippen LogP contribution in [0, 0.1) is 5.92 Å². The molecular weight excluding hydrogens is 156 g/mol. The van der Waals surface area contributed by atoms with Crippen LogP contribution in [0.25, 0.3) is 0 Å². The third kappa shape index (κ3) is 3.29. The van der Waals surface area contributed by atoms with Gasteiger partial charge in [0.1, 0.15) is 5.92 Å². The van der Waals surface area contributed by atoms with E-state index >= 15 is 0 Å². The summed E-state index contributed by atoms with van der Waals surface area (Å²) in [6.45, 7) is 1.68. The van der Waals surface area contributed by atoms with E-state index in [4.69, 9.17) is 11.5 Å². The summed E-state index contributed by atoms with van der Waals surface area (Å²) in [5.74, 6) is -2.10. The van der Waals surface area contributed by atoms with E-state index in [2.05, 4.69) is 0 Å². The summed E-state index contributed by atoms with van der Waals surface area (Å²) in [6.07, 6.45) is 0.380. The van der Waals surface area contributed by atoms with Gasteiger partial charge in [-0.25, -0.2) is 0 Å². The van der Waals surface area contributed by atoms with Gasteiger partial charge in [-0.05, 0) is 6.42 Å². The maximum Gasteiger partial charge on any atom is 0.229 e. The standard InChI is InChI=1S/C5H10N2O2.ClH/c1-2-3(4(6)8)5(7)9;/h3H,2H2,1H3,(H2,6,8)(H2,7,9);1H. The average Bonchev–Trinajstić information content (AvgIpc) is 1.64. The van der Waals surface area contributed by atoms with Gasteiger partial charge >= 0.3 is 0 Å². The van der Waals surface area contributed by atoms with E-state index in [1.165, 1.54) is 0 Å². The summed E-state index contributed by atoms with van der Waals surface area (Å²) in [5, 5.41) is 0. The number of primary amides is 2. The Morgan fingerprint density at radius 2 is 1.60 bits per heavy atom. The van der Waals surface area contributed by atoms with Gasteiger partial charge in [-0.1, -0.05) is 6.92 Å². The maximum absolute atomic E-state index is 10.3. The second kappa shape index (κ2) is 5.05. The van der Waals surface area contributed by atoms with Crippen LogP contribution >= 0.6 is 12.4 Å². The zero-order valence-electron chi connectivity index (χ0n) is 5.66. The molecule has 0 aliphatic carbocycles. The Hall–Kier alpha value is -0.770. The van der Waals surface area contributed by atoms with E-state index < -0.39 is 17.7 Å². The number of amides is 2. The summed E-state index contributed by atoms with van der Waals surface area (Å²) < 4.78 is 0. The highest BCUT2D eigenvalue weighted by atomic mass is 35.5. The monoisotopic (exact) mass is 166 g/mol. The van der Waals surface area contributed by atoms with E-state index in [0.717, 1.165) is 0 Å². The van der Waals surface area contributed by atoms with Crippen molar-refractivity contribution in [3.8, 4) is 0 Å². The van der Waals surface area contributed by atoms with Gasteiger partial charge in [0.25, 0.3) is 0 Å². The van der Waals surface area contributed by atoms with Crippen molar-refractivity contribution in [1.82, 2.24) is 0 Å². The summed E-state index contributed by atoms with van der Waals surface area (Å²) in [4.78, 5) is 20.6. The molecule has 0 fully saturated rings. The number of carbonyl (C=O) groups excluding carboxylic acids is 2. The van der Waals surface area contributed by atoms with Crippen molar-refractivity contribution in [2.75, 3.05) is 0 Å². The molecular formula is C5H11ClN2O2. The lowest BCUT2D eigenvalue weighted by atomic mass is 10.1. The highest BCUT2D eigenvalue weighted by molar-refractivity contribution is 5.98. The van der Waals surface area contributed by atoms with Crippen LogP contribution in [0.4, 0.5) is 0 Å². The Morgan fingerprint density at radius 3 is 1.60 bits per heavy atom. The summed E-state index contributed by atoms with van der Waals surface area (Å²) in [6, 6.07) is 0. The fraction of sp³-hybridized carbons (Fsp3) is 0.600. The minimum atomic E-state index is -0.801. The molecule has 4 nitrogen and oxygen atoms in total. The predicted octanol–water partition coefficient (Wildman–Crippen LogP) is -0.595. The normalized spacial score (nSPS) is 8.60. The predicted molar refractivity (Wildman–Crippen MR) is 39.4 cm³/mol. The van der Waals surface area contributed by atoms with Crippen LogP contribution in [-0.2, 0) is 9.59 Å².